The van der Waals surface area contributed by atoms with Crippen LogP contribution in [0.15, 0.2) is 84.0 Å². The predicted octanol–water partition coefficient (Wildman–Crippen LogP) is 3.88. The molecule has 1 unspecified atom stereocenters. The van der Waals surface area contributed by atoms with Gasteiger partial charge >= 0.3 is 0 Å². The molecule has 0 fully saturated rings. The summed E-state index contributed by atoms with van der Waals surface area (Å²) in [6.07, 6.45) is 4.40. The van der Waals surface area contributed by atoms with Crippen LogP contribution in [-0.2, 0) is 6.54 Å². The van der Waals surface area contributed by atoms with Gasteiger partial charge in [-0.3, -0.25) is 4.98 Å². The molecule has 0 bridgehead atoms. The highest BCUT2D eigenvalue weighted by atomic mass is 16.6. The van der Waals surface area contributed by atoms with E-state index in [0.717, 1.165) is 28.1 Å². The molecule has 5 aromatic rings. The molecule has 0 radical (unpaired) electrons. The first-order valence-electron chi connectivity index (χ1n) is 9.21. The van der Waals surface area contributed by atoms with E-state index in [1.807, 2.05) is 65.2 Å². The lowest BCUT2D eigenvalue weighted by Crippen LogP contribution is -2.09. The number of hydrogen-bond donors (Lipinski definition) is 1. The Morgan fingerprint density at radius 2 is 1.79 bits per heavy atom. The van der Waals surface area contributed by atoms with E-state index < -0.39 is 6.10 Å². The number of aromatic nitrogens is 5. The summed E-state index contributed by atoms with van der Waals surface area (Å²) in [5, 5.41) is 18.6. The first-order chi connectivity index (χ1) is 14.3. The van der Waals surface area contributed by atoms with Crippen LogP contribution in [0.5, 0.6) is 0 Å². The van der Waals surface area contributed by atoms with Gasteiger partial charge in [-0.05, 0) is 28.5 Å². The summed E-state index contributed by atoms with van der Waals surface area (Å²) in [7, 11) is 0. The molecule has 7 nitrogen and oxygen atoms in total. The second-order valence-corrected chi connectivity index (χ2v) is 6.73. The standard InChI is InChI=1S/C22H17N5O2/c28-20(17-7-4-10-23-12-17)13-27-14-24-21(15-5-2-1-3-6-15)22(27)16-8-9-18-19(11-16)26-29-25-18/h1-12,14,20,28H,13H2. The predicted molar refractivity (Wildman–Crippen MR) is 108 cm³/mol. The van der Waals surface area contributed by atoms with Gasteiger partial charge < -0.3 is 9.67 Å². The zero-order valence-electron chi connectivity index (χ0n) is 15.4. The molecule has 1 N–H and O–H groups in total. The van der Waals surface area contributed by atoms with E-state index >= 15 is 0 Å². The van der Waals surface area contributed by atoms with Gasteiger partial charge in [-0.15, -0.1) is 0 Å². The first kappa shape index (κ1) is 17.3. The van der Waals surface area contributed by atoms with Gasteiger partial charge in [0.05, 0.1) is 30.4 Å². The molecule has 142 valence electrons. The molecule has 0 saturated carbocycles. The Morgan fingerprint density at radius 1 is 0.931 bits per heavy atom. The lowest BCUT2D eigenvalue weighted by molar-refractivity contribution is 0.156. The molecule has 0 saturated heterocycles. The summed E-state index contributed by atoms with van der Waals surface area (Å²) >= 11 is 0. The van der Waals surface area contributed by atoms with Crippen LogP contribution in [0.25, 0.3) is 33.5 Å². The van der Waals surface area contributed by atoms with E-state index in [1.165, 1.54) is 0 Å². The van der Waals surface area contributed by atoms with Gasteiger partial charge in [-0.2, -0.15) is 0 Å². The van der Waals surface area contributed by atoms with E-state index in [2.05, 4.69) is 20.3 Å². The normalized spacial score (nSPS) is 12.3. The Labute approximate surface area is 166 Å². The second kappa shape index (κ2) is 7.29. The third-order valence-corrected chi connectivity index (χ3v) is 4.85. The zero-order valence-corrected chi connectivity index (χ0v) is 15.4. The van der Waals surface area contributed by atoms with Crippen molar-refractivity contribution in [2.24, 2.45) is 0 Å². The molecule has 3 aromatic heterocycles. The minimum Gasteiger partial charge on any atom is -0.386 e. The van der Waals surface area contributed by atoms with E-state index in [-0.39, 0.29) is 0 Å². The molecular formula is C22H17N5O2. The smallest absolute Gasteiger partial charge is 0.135 e. The highest BCUT2D eigenvalue weighted by molar-refractivity contribution is 5.85. The summed E-state index contributed by atoms with van der Waals surface area (Å²) in [5.74, 6) is 0. The number of fused-ring (bicyclic) bond motifs is 1. The Balaban J connectivity index is 1.62. The van der Waals surface area contributed by atoms with Crippen LogP contribution < -0.4 is 0 Å². The van der Waals surface area contributed by atoms with Crippen LogP contribution in [0.2, 0.25) is 0 Å². The molecule has 0 amide bonds. The molecular weight excluding hydrogens is 366 g/mol. The molecule has 0 aliphatic heterocycles. The summed E-state index contributed by atoms with van der Waals surface area (Å²) < 4.78 is 6.79. The van der Waals surface area contributed by atoms with Crippen LogP contribution >= 0.6 is 0 Å². The molecule has 0 spiro atoms. The van der Waals surface area contributed by atoms with Gasteiger partial charge in [0.2, 0.25) is 0 Å². The van der Waals surface area contributed by atoms with Crippen molar-refractivity contribution in [1.29, 1.82) is 0 Å². The third-order valence-electron chi connectivity index (χ3n) is 4.85. The molecule has 0 aliphatic rings. The number of hydrogen-bond acceptors (Lipinski definition) is 6. The van der Waals surface area contributed by atoms with Crippen LogP contribution in [0.4, 0.5) is 0 Å². The number of nitrogens with zero attached hydrogens (tertiary/aromatic N) is 5. The Morgan fingerprint density at radius 3 is 2.62 bits per heavy atom. The highest BCUT2D eigenvalue weighted by Crippen LogP contribution is 2.33. The van der Waals surface area contributed by atoms with Gasteiger partial charge in [0, 0.05) is 29.1 Å². The van der Waals surface area contributed by atoms with Crippen molar-refractivity contribution >= 4 is 11.0 Å². The highest BCUT2D eigenvalue weighted by Gasteiger charge is 2.19. The first-order valence-corrected chi connectivity index (χ1v) is 9.21. The molecule has 7 heteroatoms. The molecule has 5 rings (SSSR count). The summed E-state index contributed by atoms with van der Waals surface area (Å²) in [5.41, 5.74) is 5.75. The van der Waals surface area contributed by atoms with Crippen molar-refractivity contribution in [3.63, 3.8) is 0 Å². The van der Waals surface area contributed by atoms with E-state index in [9.17, 15) is 5.11 Å². The molecule has 3 heterocycles. The van der Waals surface area contributed by atoms with E-state index in [1.54, 1.807) is 18.7 Å². The lowest BCUT2D eigenvalue weighted by Gasteiger charge is -2.15. The summed E-state index contributed by atoms with van der Waals surface area (Å²) in [4.78, 5) is 8.75. The average molecular weight is 383 g/mol. The van der Waals surface area contributed by atoms with Gasteiger partial charge in [0.1, 0.15) is 11.0 Å². The monoisotopic (exact) mass is 383 g/mol. The van der Waals surface area contributed by atoms with Crippen molar-refractivity contribution in [3.05, 3.63) is 84.9 Å². The second-order valence-electron chi connectivity index (χ2n) is 6.73. The van der Waals surface area contributed by atoms with Crippen molar-refractivity contribution in [1.82, 2.24) is 24.8 Å². The van der Waals surface area contributed by atoms with Gasteiger partial charge in [-0.25, -0.2) is 9.61 Å². The van der Waals surface area contributed by atoms with Gasteiger partial charge in [0.25, 0.3) is 0 Å². The fourth-order valence-corrected chi connectivity index (χ4v) is 3.42. The zero-order chi connectivity index (χ0) is 19.6. The third kappa shape index (κ3) is 3.28. The fraction of sp³-hybridized carbons (Fsp3) is 0.0909. The number of rotatable bonds is 5. The minimum absolute atomic E-state index is 0.343. The molecule has 29 heavy (non-hydrogen) atoms. The number of aliphatic hydroxyl groups is 1. The fourth-order valence-electron chi connectivity index (χ4n) is 3.42. The number of benzene rings is 2. The Bertz CT molecular complexity index is 1250. The van der Waals surface area contributed by atoms with E-state index in [0.29, 0.717) is 17.6 Å². The van der Waals surface area contributed by atoms with E-state index in [4.69, 9.17) is 4.63 Å². The quantitative estimate of drug-likeness (QED) is 0.495. The lowest BCUT2D eigenvalue weighted by atomic mass is 10.0. The van der Waals surface area contributed by atoms with Crippen molar-refractivity contribution < 1.29 is 9.74 Å². The van der Waals surface area contributed by atoms with Crippen LogP contribution in [0, 0.1) is 0 Å². The van der Waals surface area contributed by atoms with Crippen LogP contribution in [0.3, 0.4) is 0 Å². The topological polar surface area (TPSA) is 89.9 Å². The number of imidazole rings is 1. The maximum absolute atomic E-state index is 10.7. The average Bonchev–Trinajstić information content (AvgIpc) is 3.41. The SMILES string of the molecule is OC(Cn1cnc(-c2ccccc2)c1-c1ccc2nonc2c1)c1cccnc1. The maximum Gasteiger partial charge on any atom is 0.135 e. The van der Waals surface area contributed by atoms with Crippen molar-refractivity contribution in [2.75, 3.05) is 0 Å². The van der Waals surface area contributed by atoms with Crippen molar-refractivity contribution in [3.8, 4) is 22.5 Å². The maximum atomic E-state index is 10.7. The van der Waals surface area contributed by atoms with Gasteiger partial charge in [0.15, 0.2) is 0 Å². The molecule has 2 aromatic carbocycles. The minimum atomic E-state index is -0.710. The molecule has 0 aliphatic carbocycles. The van der Waals surface area contributed by atoms with Gasteiger partial charge in [-0.1, -0.05) is 42.5 Å². The van der Waals surface area contributed by atoms with Crippen LogP contribution in [-0.4, -0.2) is 30.0 Å². The summed E-state index contributed by atoms with van der Waals surface area (Å²) in [6, 6.07) is 19.4. The summed E-state index contributed by atoms with van der Waals surface area (Å²) in [6.45, 7) is 0.343. The number of aliphatic hydroxyl groups excluding tert-OH is 1. The number of pyridine rings is 1. The Kier molecular flexibility index (Phi) is 4.34. The van der Waals surface area contributed by atoms with Crippen molar-refractivity contribution in [2.45, 2.75) is 12.6 Å². The van der Waals surface area contributed by atoms with Crippen LogP contribution in [0.1, 0.15) is 11.7 Å². The Hall–Kier alpha value is -3.84. The largest absolute Gasteiger partial charge is 0.386 e. The molecule has 1 atom stereocenters.